The van der Waals surface area contributed by atoms with Gasteiger partial charge in [-0.25, -0.2) is 0 Å². The summed E-state index contributed by atoms with van der Waals surface area (Å²) in [6.07, 6.45) is 6.21. The first-order chi connectivity index (χ1) is 4.88. The lowest BCUT2D eigenvalue weighted by Crippen LogP contribution is -2.36. The van der Waals surface area contributed by atoms with Crippen LogP contribution in [0.25, 0.3) is 0 Å². The molecule has 0 spiro atoms. The summed E-state index contributed by atoms with van der Waals surface area (Å²) < 4.78 is 5.69. The first-order valence-corrected chi connectivity index (χ1v) is 4.21. The van der Waals surface area contributed by atoms with Crippen LogP contribution in [-0.4, -0.2) is 25.3 Å². The molecule has 58 valence electrons. The lowest BCUT2D eigenvalue weighted by Gasteiger charge is -2.27. The monoisotopic (exact) mass is 141 g/mol. The van der Waals surface area contributed by atoms with Gasteiger partial charge in [-0.3, -0.25) is 0 Å². The average molecular weight is 141 g/mol. The van der Waals surface area contributed by atoms with E-state index in [4.69, 9.17) is 4.74 Å². The molecule has 3 atom stereocenters. The smallest absolute Gasteiger partial charge is 0.0594 e. The minimum absolute atomic E-state index is 0.580. The summed E-state index contributed by atoms with van der Waals surface area (Å²) in [6, 6.07) is 0.728. The van der Waals surface area contributed by atoms with Crippen molar-refractivity contribution < 1.29 is 4.74 Å². The standard InChI is InChI=1S/C8H15NO/c1-9-6-4-7-2-3-8(5-6)10-7/h6-9H,2-5H2,1H3/t6-,7-,8+. The quantitative estimate of drug-likeness (QED) is 0.586. The molecule has 2 aliphatic heterocycles. The average Bonchev–Trinajstić information content (AvgIpc) is 2.30. The van der Waals surface area contributed by atoms with E-state index in [2.05, 4.69) is 12.4 Å². The number of nitrogens with one attached hydrogen (secondary N) is 1. The SMILES string of the molecule is CN[C@@H]1C[C@H]2CC[C@@H](C1)O2. The van der Waals surface area contributed by atoms with Gasteiger partial charge in [0.05, 0.1) is 12.2 Å². The summed E-state index contributed by atoms with van der Waals surface area (Å²) in [4.78, 5) is 0. The largest absolute Gasteiger partial charge is 0.375 e. The van der Waals surface area contributed by atoms with Crippen molar-refractivity contribution in [1.29, 1.82) is 0 Å². The van der Waals surface area contributed by atoms with Crippen molar-refractivity contribution >= 4 is 0 Å². The predicted molar refractivity (Wildman–Crippen MR) is 40.0 cm³/mol. The van der Waals surface area contributed by atoms with Gasteiger partial charge in [-0.15, -0.1) is 0 Å². The van der Waals surface area contributed by atoms with Crippen molar-refractivity contribution in [3.63, 3.8) is 0 Å². The highest BCUT2D eigenvalue weighted by Crippen LogP contribution is 2.31. The zero-order chi connectivity index (χ0) is 6.97. The molecule has 10 heavy (non-hydrogen) atoms. The maximum absolute atomic E-state index is 5.69. The van der Waals surface area contributed by atoms with Gasteiger partial charge in [0, 0.05) is 6.04 Å². The second-order valence-electron chi connectivity index (χ2n) is 3.41. The fourth-order valence-corrected chi connectivity index (χ4v) is 2.09. The Morgan fingerprint density at radius 2 is 1.80 bits per heavy atom. The summed E-state index contributed by atoms with van der Waals surface area (Å²) in [5.74, 6) is 0. The van der Waals surface area contributed by atoms with Gasteiger partial charge in [0.25, 0.3) is 0 Å². The normalized spacial score (nSPS) is 45.9. The molecule has 0 unspecified atom stereocenters. The van der Waals surface area contributed by atoms with Crippen LogP contribution in [0.1, 0.15) is 25.7 Å². The minimum atomic E-state index is 0.580. The molecule has 1 N–H and O–H groups in total. The maximum Gasteiger partial charge on any atom is 0.0594 e. The lowest BCUT2D eigenvalue weighted by molar-refractivity contribution is -0.00737. The number of fused-ring (bicyclic) bond motifs is 2. The van der Waals surface area contributed by atoms with E-state index in [9.17, 15) is 0 Å². The zero-order valence-corrected chi connectivity index (χ0v) is 6.47. The topological polar surface area (TPSA) is 21.3 Å². The van der Waals surface area contributed by atoms with E-state index in [0.717, 1.165) is 6.04 Å². The number of rotatable bonds is 1. The summed E-state index contributed by atoms with van der Waals surface area (Å²) in [7, 11) is 2.05. The third-order valence-corrected chi connectivity index (χ3v) is 2.70. The van der Waals surface area contributed by atoms with Gasteiger partial charge < -0.3 is 10.1 Å². The van der Waals surface area contributed by atoms with Gasteiger partial charge in [-0.1, -0.05) is 0 Å². The fourth-order valence-electron chi connectivity index (χ4n) is 2.09. The molecule has 0 amide bonds. The van der Waals surface area contributed by atoms with Crippen molar-refractivity contribution in [2.24, 2.45) is 0 Å². The van der Waals surface area contributed by atoms with Gasteiger partial charge in [0.2, 0.25) is 0 Å². The van der Waals surface area contributed by atoms with Crippen LogP contribution >= 0.6 is 0 Å². The Morgan fingerprint density at radius 3 is 2.30 bits per heavy atom. The lowest BCUT2D eigenvalue weighted by atomic mass is 10.0. The van der Waals surface area contributed by atoms with E-state index in [1.807, 2.05) is 0 Å². The van der Waals surface area contributed by atoms with E-state index in [1.54, 1.807) is 0 Å². The third-order valence-electron chi connectivity index (χ3n) is 2.70. The molecule has 0 saturated carbocycles. The van der Waals surface area contributed by atoms with E-state index in [1.165, 1.54) is 25.7 Å². The molecule has 2 saturated heterocycles. The Bertz CT molecular complexity index is 114. The molecule has 2 heteroatoms. The highest BCUT2D eigenvalue weighted by atomic mass is 16.5. The molecular weight excluding hydrogens is 126 g/mol. The van der Waals surface area contributed by atoms with Gasteiger partial charge in [-0.05, 0) is 32.7 Å². The second kappa shape index (κ2) is 2.51. The molecule has 0 aromatic rings. The van der Waals surface area contributed by atoms with Crippen molar-refractivity contribution in [3.05, 3.63) is 0 Å². The Kier molecular flexibility index (Phi) is 1.66. The third kappa shape index (κ3) is 1.06. The number of hydrogen-bond donors (Lipinski definition) is 1. The molecule has 2 heterocycles. The molecule has 0 aliphatic carbocycles. The van der Waals surface area contributed by atoms with Crippen LogP contribution in [0.4, 0.5) is 0 Å². The Balaban J connectivity index is 1.96. The highest BCUT2D eigenvalue weighted by molar-refractivity contribution is 4.86. The van der Waals surface area contributed by atoms with Crippen molar-refractivity contribution in [2.75, 3.05) is 7.05 Å². The van der Waals surface area contributed by atoms with Crippen LogP contribution in [0.3, 0.4) is 0 Å². The molecule has 2 nitrogen and oxygen atoms in total. The molecule has 2 fully saturated rings. The van der Waals surface area contributed by atoms with Gasteiger partial charge in [0.15, 0.2) is 0 Å². The van der Waals surface area contributed by atoms with Crippen LogP contribution < -0.4 is 5.32 Å². The van der Waals surface area contributed by atoms with Crippen molar-refractivity contribution in [1.82, 2.24) is 5.32 Å². The number of hydrogen-bond acceptors (Lipinski definition) is 2. The molecule has 2 rings (SSSR count). The maximum atomic E-state index is 5.69. The molecule has 0 aromatic carbocycles. The summed E-state index contributed by atoms with van der Waals surface area (Å²) in [5, 5.41) is 3.32. The zero-order valence-electron chi connectivity index (χ0n) is 6.47. The van der Waals surface area contributed by atoms with Gasteiger partial charge in [-0.2, -0.15) is 0 Å². The first kappa shape index (κ1) is 6.62. The molecular formula is C8H15NO. The molecule has 0 aromatic heterocycles. The van der Waals surface area contributed by atoms with E-state index in [0.29, 0.717) is 12.2 Å². The van der Waals surface area contributed by atoms with Gasteiger partial charge >= 0.3 is 0 Å². The van der Waals surface area contributed by atoms with Crippen LogP contribution in [0.15, 0.2) is 0 Å². The molecule has 2 aliphatic rings. The van der Waals surface area contributed by atoms with E-state index < -0.39 is 0 Å². The number of ether oxygens (including phenoxy) is 1. The summed E-state index contributed by atoms with van der Waals surface area (Å²) in [6.45, 7) is 0. The van der Waals surface area contributed by atoms with Crippen LogP contribution in [0.5, 0.6) is 0 Å². The predicted octanol–water partition coefficient (Wildman–Crippen LogP) is 0.916. The second-order valence-corrected chi connectivity index (χ2v) is 3.41. The van der Waals surface area contributed by atoms with Crippen LogP contribution in [0, 0.1) is 0 Å². The molecule has 2 bridgehead atoms. The van der Waals surface area contributed by atoms with Crippen molar-refractivity contribution in [3.8, 4) is 0 Å². The van der Waals surface area contributed by atoms with Crippen molar-refractivity contribution in [2.45, 2.75) is 43.9 Å². The van der Waals surface area contributed by atoms with Crippen LogP contribution in [0.2, 0.25) is 0 Å². The Labute approximate surface area is 61.9 Å². The Morgan fingerprint density at radius 1 is 1.20 bits per heavy atom. The highest BCUT2D eigenvalue weighted by Gasteiger charge is 2.33. The summed E-state index contributed by atoms with van der Waals surface area (Å²) in [5.41, 5.74) is 0. The van der Waals surface area contributed by atoms with Gasteiger partial charge in [0.1, 0.15) is 0 Å². The molecule has 0 radical (unpaired) electrons. The fraction of sp³-hybridized carbons (Fsp3) is 1.00. The van der Waals surface area contributed by atoms with E-state index in [-0.39, 0.29) is 0 Å². The summed E-state index contributed by atoms with van der Waals surface area (Å²) >= 11 is 0. The Hall–Kier alpha value is -0.0800. The van der Waals surface area contributed by atoms with Crippen LogP contribution in [-0.2, 0) is 4.74 Å². The minimum Gasteiger partial charge on any atom is -0.375 e. The van der Waals surface area contributed by atoms with E-state index >= 15 is 0 Å². The first-order valence-electron chi connectivity index (χ1n) is 4.21.